The van der Waals surface area contributed by atoms with E-state index in [1.165, 1.54) is 0 Å². The van der Waals surface area contributed by atoms with Crippen LogP contribution in [0.25, 0.3) is 0 Å². The van der Waals surface area contributed by atoms with Crippen LogP contribution in [0, 0.1) is 0 Å². The zero-order chi connectivity index (χ0) is 14.1. The molecular formula is C14H17F2N3O. The Hall–Kier alpha value is -1.85. The van der Waals surface area contributed by atoms with Crippen LogP contribution < -0.4 is 10.5 Å². The highest BCUT2D eigenvalue weighted by Gasteiger charge is 2.41. The second kappa shape index (κ2) is 5.26. The second-order valence-corrected chi connectivity index (χ2v) is 5.15. The summed E-state index contributed by atoms with van der Waals surface area (Å²) in [6.45, 7) is -0.890. The van der Waals surface area contributed by atoms with Crippen molar-refractivity contribution in [1.82, 2.24) is 4.90 Å². The Balaban J connectivity index is 1.69. The molecule has 6 heteroatoms. The number of nitrogens with two attached hydrogens (primary N) is 1. The number of rotatable bonds is 4. The lowest BCUT2D eigenvalue weighted by Crippen LogP contribution is -2.46. The van der Waals surface area contributed by atoms with E-state index in [-0.39, 0.29) is 17.7 Å². The van der Waals surface area contributed by atoms with Gasteiger partial charge in [-0.25, -0.2) is 4.99 Å². The molecule has 2 N–H and O–H groups in total. The first kappa shape index (κ1) is 13.1. The van der Waals surface area contributed by atoms with Crippen molar-refractivity contribution in [2.45, 2.75) is 31.4 Å². The normalized spacial score (nSPS) is 25.6. The fourth-order valence-corrected chi connectivity index (χ4v) is 2.45. The van der Waals surface area contributed by atoms with Crippen LogP contribution >= 0.6 is 0 Å². The summed E-state index contributed by atoms with van der Waals surface area (Å²) in [7, 11) is 0. The summed E-state index contributed by atoms with van der Waals surface area (Å²) in [4.78, 5) is 6.49. The monoisotopic (exact) mass is 281 g/mol. The van der Waals surface area contributed by atoms with Crippen molar-refractivity contribution < 1.29 is 13.5 Å². The number of hydrogen-bond donors (Lipinski definition) is 1. The Kier molecular flexibility index (Phi) is 3.46. The molecule has 2 aliphatic rings. The van der Waals surface area contributed by atoms with E-state index in [0.29, 0.717) is 5.96 Å². The molecular weight excluding hydrogens is 264 g/mol. The lowest BCUT2D eigenvalue weighted by molar-refractivity contribution is -0.0504. The molecule has 2 atom stereocenters. The minimum atomic E-state index is -2.80. The summed E-state index contributed by atoms with van der Waals surface area (Å²) in [5, 5.41) is 0. The second-order valence-electron chi connectivity index (χ2n) is 5.15. The fraction of sp³-hybridized carbons (Fsp3) is 0.500. The van der Waals surface area contributed by atoms with Gasteiger partial charge in [0, 0.05) is 19.0 Å². The maximum absolute atomic E-state index is 12.4. The Morgan fingerprint density at radius 2 is 2.10 bits per heavy atom. The average molecular weight is 281 g/mol. The van der Waals surface area contributed by atoms with Crippen LogP contribution in [0.3, 0.4) is 0 Å². The standard InChI is InChI=1S/C14H17F2N3O/c15-13(16)20-12-5-2-1-4-9(12)10-8-11(10)18-14(17)19-6-3-7-19/h1-2,4-5,10-11,13H,3,6-8H2,(H2,17,18)/t10-,11+/m1/s1. The molecule has 1 aromatic carbocycles. The van der Waals surface area contributed by atoms with Crippen LogP contribution in [0.15, 0.2) is 29.3 Å². The van der Waals surface area contributed by atoms with Crippen LogP contribution in [-0.4, -0.2) is 36.6 Å². The Labute approximate surface area is 116 Å². The van der Waals surface area contributed by atoms with E-state index in [1.54, 1.807) is 12.1 Å². The third-order valence-corrected chi connectivity index (χ3v) is 3.77. The number of halogens is 2. The first-order chi connectivity index (χ1) is 9.65. The Bertz CT molecular complexity index is 517. The summed E-state index contributed by atoms with van der Waals surface area (Å²) in [5.41, 5.74) is 6.69. The molecule has 0 aromatic heterocycles. The van der Waals surface area contributed by atoms with Gasteiger partial charge in [-0.2, -0.15) is 8.78 Å². The summed E-state index contributed by atoms with van der Waals surface area (Å²) >= 11 is 0. The van der Waals surface area contributed by atoms with Crippen molar-refractivity contribution in [2.24, 2.45) is 10.7 Å². The van der Waals surface area contributed by atoms with Gasteiger partial charge in [0.15, 0.2) is 5.96 Å². The van der Waals surface area contributed by atoms with Gasteiger partial charge in [0.2, 0.25) is 0 Å². The van der Waals surface area contributed by atoms with E-state index in [4.69, 9.17) is 5.73 Å². The molecule has 20 heavy (non-hydrogen) atoms. The molecule has 0 bridgehead atoms. The third kappa shape index (κ3) is 2.69. The number of guanidine groups is 1. The minimum absolute atomic E-state index is 0.0815. The lowest BCUT2D eigenvalue weighted by atomic mass is 10.1. The van der Waals surface area contributed by atoms with Crippen molar-refractivity contribution in [1.29, 1.82) is 0 Å². The third-order valence-electron chi connectivity index (χ3n) is 3.77. The van der Waals surface area contributed by atoms with Crippen molar-refractivity contribution in [3.63, 3.8) is 0 Å². The van der Waals surface area contributed by atoms with Crippen LogP contribution in [-0.2, 0) is 0 Å². The van der Waals surface area contributed by atoms with Gasteiger partial charge < -0.3 is 15.4 Å². The maximum Gasteiger partial charge on any atom is 0.387 e. The molecule has 0 unspecified atom stereocenters. The van der Waals surface area contributed by atoms with Crippen molar-refractivity contribution in [3.8, 4) is 5.75 Å². The number of likely N-dealkylation sites (tertiary alicyclic amines) is 1. The zero-order valence-electron chi connectivity index (χ0n) is 11.0. The van der Waals surface area contributed by atoms with Crippen molar-refractivity contribution in [2.75, 3.05) is 13.1 Å². The molecule has 1 saturated carbocycles. The number of para-hydroxylation sites is 1. The van der Waals surface area contributed by atoms with Gasteiger partial charge in [0.05, 0.1) is 6.04 Å². The van der Waals surface area contributed by atoms with Gasteiger partial charge in [-0.3, -0.25) is 0 Å². The predicted molar refractivity (Wildman–Crippen MR) is 72.0 cm³/mol. The molecule has 0 spiro atoms. The Morgan fingerprint density at radius 1 is 1.35 bits per heavy atom. The average Bonchev–Trinajstić information content (AvgIpc) is 3.05. The van der Waals surface area contributed by atoms with Crippen molar-refractivity contribution in [3.05, 3.63) is 29.8 Å². The SMILES string of the molecule is NC(=N[C@H]1C[C@@H]1c1ccccc1OC(F)F)N1CCC1. The van der Waals surface area contributed by atoms with E-state index in [2.05, 4.69) is 9.73 Å². The van der Waals surface area contributed by atoms with Gasteiger partial charge in [-0.1, -0.05) is 18.2 Å². The molecule has 2 fully saturated rings. The van der Waals surface area contributed by atoms with Crippen LogP contribution in [0.5, 0.6) is 5.75 Å². The van der Waals surface area contributed by atoms with Gasteiger partial charge >= 0.3 is 6.61 Å². The molecule has 4 nitrogen and oxygen atoms in total. The zero-order valence-corrected chi connectivity index (χ0v) is 11.0. The quantitative estimate of drug-likeness (QED) is 0.679. The molecule has 0 radical (unpaired) electrons. The fourth-order valence-electron chi connectivity index (χ4n) is 2.45. The number of benzene rings is 1. The first-order valence-electron chi connectivity index (χ1n) is 6.77. The number of nitrogens with zero attached hydrogens (tertiary/aromatic N) is 2. The number of aliphatic imine (C=N–C) groups is 1. The summed E-state index contributed by atoms with van der Waals surface area (Å²) in [6, 6.07) is 6.98. The molecule has 1 aliphatic heterocycles. The van der Waals surface area contributed by atoms with Crippen LogP contribution in [0.2, 0.25) is 0 Å². The molecule has 1 aromatic rings. The van der Waals surface area contributed by atoms with E-state index in [1.807, 2.05) is 17.0 Å². The minimum Gasteiger partial charge on any atom is -0.435 e. The lowest BCUT2D eigenvalue weighted by Gasteiger charge is -2.31. The number of alkyl halides is 2. The number of ether oxygens (including phenoxy) is 1. The van der Waals surface area contributed by atoms with Crippen molar-refractivity contribution >= 4 is 5.96 Å². The Morgan fingerprint density at radius 3 is 2.75 bits per heavy atom. The largest absolute Gasteiger partial charge is 0.435 e. The topological polar surface area (TPSA) is 50.9 Å². The molecule has 1 heterocycles. The maximum atomic E-state index is 12.4. The van der Waals surface area contributed by atoms with Crippen LogP contribution in [0.1, 0.15) is 24.3 Å². The van der Waals surface area contributed by atoms with Gasteiger partial charge in [0.25, 0.3) is 0 Å². The molecule has 0 amide bonds. The molecule has 3 rings (SSSR count). The smallest absolute Gasteiger partial charge is 0.387 e. The van der Waals surface area contributed by atoms with E-state index in [0.717, 1.165) is 31.5 Å². The molecule has 108 valence electrons. The highest BCUT2D eigenvalue weighted by atomic mass is 19.3. The first-order valence-corrected chi connectivity index (χ1v) is 6.77. The van der Waals surface area contributed by atoms with Gasteiger partial charge in [0.1, 0.15) is 5.75 Å². The van der Waals surface area contributed by atoms with E-state index >= 15 is 0 Å². The number of hydrogen-bond acceptors (Lipinski definition) is 2. The summed E-state index contributed by atoms with van der Waals surface area (Å²) in [6.07, 6.45) is 1.98. The van der Waals surface area contributed by atoms with Gasteiger partial charge in [-0.15, -0.1) is 0 Å². The van der Waals surface area contributed by atoms with Gasteiger partial charge in [-0.05, 0) is 24.5 Å². The molecule has 1 saturated heterocycles. The van der Waals surface area contributed by atoms with E-state index in [9.17, 15) is 8.78 Å². The highest BCUT2D eigenvalue weighted by molar-refractivity contribution is 5.79. The predicted octanol–water partition coefficient (Wildman–Crippen LogP) is 2.16. The van der Waals surface area contributed by atoms with E-state index < -0.39 is 6.61 Å². The van der Waals surface area contributed by atoms with Crippen LogP contribution in [0.4, 0.5) is 8.78 Å². The summed E-state index contributed by atoms with van der Waals surface area (Å²) in [5.74, 6) is 0.938. The highest BCUT2D eigenvalue weighted by Crippen LogP contribution is 2.47. The molecule has 1 aliphatic carbocycles. The summed E-state index contributed by atoms with van der Waals surface area (Å²) < 4.78 is 29.3.